The number of amides is 1. The van der Waals surface area contributed by atoms with Crippen molar-refractivity contribution >= 4 is 23.8 Å². The Morgan fingerprint density at radius 2 is 2.00 bits per heavy atom. The van der Waals surface area contributed by atoms with Gasteiger partial charge in [0, 0.05) is 66.9 Å². The van der Waals surface area contributed by atoms with Crippen LogP contribution in [-0.2, 0) is 35.2 Å². The zero-order chi connectivity index (χ0) is 28.3. The molecule has 1 aromatic heterocycles. The number of hydrogen-bond donors (Lipinski definition) is 1. The molecule has 1 aromatic carbocycles. The Balaban J connectivity index is 1.29. The molecule has 41 heavy (non-hydrogen) atoms. The van der Waals surface area contributed by atoms with Gasteiger partial charge in [-0.25, -0.2) is 9.38 Å². The fourth-order valence-electron chi connectivity index (χ4n) is 6.24. The fourth-order valence-corrected chi connectivity index (χ4v) is 6.24. The Labute approximate surface area is 232 Å². The first kappa shape index (κ1) is 25.9. The van der Waals surface area contributed by atoms with E-state index in [-0.39, 0.29) is 30.9 Å². The van der Waals surface area contributed by atoms with Gasteiger partial charge < -0.3 is 19.7 Å². The van der Waals surface area contributed by atoms with Crippen LogP contribution in [0.5, 0.6) is 5.75 Å². The van der Waals surface area contributed by atoms with Gasteiger partial charge in [-0.05, 0) is 36.6 Å². The number of fused-ring (bicyclic) bond motifs is 3. The van der Waals surface area contributed by atoms with Gasteiger partial charge in [0.2, 0.25) is 5.96 Å². The number of alkyl halides is 3. The van der Waals surface area contributed by atoms with Gasteiger partial charge in [0.15, 0.2) is 6.04 Å². The number of halogens is 4. The number of carbonyl (C=O) groups excluding carboxylic acids is 1. The number of nitrogens with one attached hydrogen (secondary N) is 1. The number of aliphatic imine (C=N–C) groups is 2. The van der Waals surface area contributed by atoms with Crippen LogP contribution >= 0.6 is 0 Å². The highest BCUT2D eigenvalue weighted by Crippen LogP contribution is 2.39. The van der Waals surface area contributed by atoms with Gasteiger partial charge in [0.25, 0.3) is 5.91 Å². The van der Waals surface area contributed by atoms with E-state index in [9.17, 15) is 22.4 Å². The minimum Gasteiger partial charge on any atom is -0.493 e. The summed E-state index contributed by atoms with van der Waals surface area (Å²) in [4.78, 5) is 30.3. The van der Waals surface area contributed by atoms with Crippen molar-refractivity contribution in [3.05, 3.63) is 64.4 Å². The van der Waals surface area contributed by atoms with Crippen molar-refractivity contribution in [2.24, 2.45) is 9.98 Å². The van der Waals surface area contributed by atoms with Crippen molar-refractivity contribution in [3.63, 3.8) is 0 Å². The van der Waals surface area contributed by atoms with Gasteiger partial charge >= 0.3 is 6.18 Å². The summed E-state index contributed by atoms with van der Waals surface area (Å²) in [5, 5.41) is 3.10. The molecule has 0 radical (unpaired) electrons. The maximum atomic E-state index is 14.8. The van der Waals surface area contributed by atoms with Crippen LogP contribution < -0.4 is 10.1 Å². The number of carbonyl (C=O) groups is 1. The minimum absolute atomic E-state index is 0.00191. The first-order chi connectivity index (χ1) is 19.8. The largest absolute Gasteiger partial charge is 0.493 e. The lowest BCUT2D eigenvalue weighted by Crippen LogP contribution is -2.56. The van der Waals surface area contributed by atoms with Crippen molar-refractivity contribution in [2.45, 2.75) is 56.7 Å². The number of nitrogens with zero attached hydrogens (tertiary/aromatic N) is 5. The number of pyridine rings is 1. The number of ether oxygens (including phenoxy) is 2. The molecule has 5 aliphatic rings. The topological polar surface area (TPSA) is 91.7 Å². The van der Waals surface area contributed by atoms with Crippen molar-refractivity contribution < 1.29 is 31.8 Å². The van der Waals surface area contributed by atoms with Crippen molar-refractivity contribution in [2.75, 3.05) is 19.8 Å². The Morgan fingerprint density at radius 1 is 1.17 bits per heavy atom. The summed E-state index contributed by atoms with van der Waals surface area (Å²) < 4.78 is 66.8. The molecule has 6 heterocycles. The minimum atomic E-state index is -4.63. The zero-order valence-electron chi connectivity index (χ0n) is 21.8. The second kappa shape index (κ2) is 9.82. The molecule has 7 rings (SSSR count). The molecule has 13 heteroatoms. The normalized spacial score (nSPS) is 24.7. The Hall–Kier alpha value is -4.00. The second-order valence-electron chi connectivity index (χ2n) is 10.6. The number of benzene rings is 1. The van der Waals surface area contributed by atoms with E-state index in [0.29, 0.717) is 73.1 Å². The summed E-state index contributed by atoms with van der Waals surface area (Å²) in [6.07, 6.45) is 1.50. The smallest absolute Gasteiger partial charge is 0.433 e. The summed E-state index contributed by atoms with van der Waals surface area (Å²) in [7, 11) is 0. The molecule has 5 aliphatic heterocycles. The predicted molar refractivity (Wildman–Crippen MR) is 139 cm³/mol. The standard InChI is InChI=1S/C28H26F4N6O3/c29-21-1-2-22-17(5-8-41-22)19(21)11-34-27-35-12-20-18-10-33-23(28(30,31)32)9-15(18)13-37(16-3-6-40-7-4-16)26(39)24-25(20)38(27)14-36-24/h1-2,9-10,12,14,16,24-25H,3-8,11,13H2,(H,34,35). The summed E-state index contributed by atoms with van der Waals surface area (Å²) in [6, 6.07) is 2.31. The summed E-state index contributed by atoms with van der Waals surface area (Å²) in [5.41, 5.74) is 1.65. The van der Waals surface area contributed by atoms with E-state index in [1.54, 1.807) is 22.1 Å². The number of guanidine groups is 1. The average Bonchev–Trinajstić information content (AvgIpc) is 3.62. The highest BCUT2D eigenvalue weighted by Gasteiger charge is 2.48. The molecule has 0 bridgehead atoms. The lowest BCUT2D eigenvalue weighted by atomic mass is 9.87. The van der Waals surface area contributed by atoms with E-state index < -0.39 is 24.0 Å². The number of aromatic nitrogens is 1. The molecule has 0 saturated carbocycles. The number of rotatable bonds is 3. The van der Waals surface area contributed by atoms with Crippen molar-refractivity contribution in [1.82, 2.24) is 20.1 Å². The second-order valence-corrected chi connectivity index (χ2v) is 10.6. The third-order valence-corrected chi connectivity index (χ3v) is 8.30. The molecule has 2 aromatic rings. The van der Waals surface area contributed by atoms with Crippen LogP contribution in [0.3, 0.4) is 0 Å². The summed E-state index contributed by atoms with van der Waals surface area (Å²) in [5.74, 6) is 0.345. The van der Waals surface area contributed by atoms with Crippen molar-refractivity contribution in [3.8, 4) is 5.75 Å². The number of hydrogen-bond acceptors (Lipinski definition) is 6. The van der Waals surface area contributed by atoms with E-state index in [2.05, 4.69) is 20.3 Å². The molecule has 1 saturated heterocycles. The van der Waals surface area contributed by atoms with Crippen LogP contribution in [0, 0.1) is 5.82 Å². The third-order valence-electron chi connectivity index (χ3n) is 8.30. The van der Waals surface area contributed by atoms with E-state index in [0.717, 1.165) is 11.6 Å². The van der Waals surface area contributed by atoms with Crippen LogP contribution in [0.2, 0.25) is 0 Å². The molecule has 1 N–H and O–H groups in total. The molecule has 0 spiro atoms. The van der Waals surface area contributed by atoms with Gasteiger partial charge in [-0.3, -0.25) is 19.7 Å². The van der Waals surface area contributed by atoms with Gasteiger partial charge in [-0.2, -0.15) is 13.2 Å². The SMILES string of the molecule is O=C1C2N=CN3C(=NCc4c(F)ccc5c4CCO5)NC=C(c4cnc(C(F)(F)F)cc4CN1C1CCOCC1)C23. The maximum absolute atomic E-state index is 14.8. The summed E-state index contributed by atoms with van der Waals surface area (Å²) >= 11 is 0. The molecule has 2 atom stereocenters. The Morgan fingerprint density at radius 3 is 2.80 bits per heavy atom. The first-order valence-corrected chi connectivity index (χ1v) is 13.5. The van der Waals surface area contributed by atoms with E-state index in [1.165, 1.54) is 18.6 Å². The van der Waals surface area contributed by atoms with Crippen LogP contribution in [-0.4, -0.2) is 70.9 Å². The molecular formula is C28H26F4N6O3. The summed E-state index contributed by atoms with van der Waals surface area (Å²) in [6.45, 7) is 1.43. The van der Waals surface area contributed by atoms with Gasteiger partial charge in [0.05, 0.1) is 25.5 Å². The van der Waals surface area contributed by atoms with E-state index in [1.807, 2.05) is 0 Å². The van der Waals surface area contributed by atoms with Crippen molar-refractivity contribution in [1.29, 1.82) is 0 Å². The molecule has 1 amide bonds. The lowest BCUT2D eigenvalue weighted by Gasteiger charge is -2.41. The Kier molecular flexibility index (Phi) is 6.21. The van der Waals surface area contributed by atoms with E-state index in [4.69, 9.17) is 9.47 Å². The third kappa shape index (κ3) is 4.42. The van der Waals surface area contributed by atoms with E-state index >= 15 is 0 Å². The monoisotopic (exact) mass is 570 g/mol. The van der Waals surface area contributed by atoms with Crippen LogP contribution in [0.15, 0.2) is 40.6 Å². The van der Waals surface area contributed by atoms with Crippen LogP contribution in [0.25, 0.3) is 5.57 Å². The average molecular weight is 571 g/mol. The molecule has 1 fully saturated rings. The van der Waals surface area contributed by atoms with Gasteiger partial charge in [-0.1, -0.05) is 0 Å². The molecular weight excluding hydrogens is 544 g/mol. The van der Waals surface area contributed by atoms with Crippen LogP contribution in [0.4, 0.5) is 17.6 Å². The van der Waals surface area contributed by atoms with Gasteiger partial charge in [-0.15, -0.1) is 0 Å². The molecule has 214 valence electrons. The Bertz CT molecular complexity index is 1500. The van der Waals surface area contributed by atoms with Crippen LogP contribution in [0.1, 0.15) is 40.8 Å². The lowest BCUT2D eigenvalue weighted by molar-refractivity contribution is -0.141. The fraction of sp³-hybridized carbons (Fsp3) is 0.429. The molecule has 9 nitrogen and oxygen atoms in total. The highest BCUT2D eigenvalue weighted by molar-refractivity contribution is 6.03. The molecule has 2 unspecified atom stereocenters. The zero-order valence-corrected chi connectivity index (χ0v) is 21.8. The highest BCUT2D eigenvalue weighted by atomic mass is 19.4. The first-order valence-electron chi connectivity index (χ1n) is 13.5. The molecule has 0 aliphatic carbocycles. The quantitative estimate of drug-likeness (QED) is 0.570. The van der Waals surface area contributed by atoms with Gasteiger partial charge in [0.1, 0.15) is 17.3 Å². The predicted octanol–water partition coefficient (Wildman–Crippen LogP) is 3.28. The maximum Gasteiger partial charge on any atom is 0.433 e.